The molecule has 3 aromatic rings. The summed E-state index contributed by atoms with van der Waals surface area (Å²) in [5.41, 5.74) is 2.84. The number of para-hydroxylation sites is 1. The summed E-state index contributed by atoms with van der Waals surface area (Å²) in [7, 11) is 0. The predicted molar refractivity (Wildman–Crippen MR) is 126 cm³/mol. The molecule has 0 saturated heterocycles. The van der Waals surface area contributed by atoms with Gasteiger partial charge >= 0.3 is 17.4 Å². The van der Waals surface area contributed by atoms with Gasteiger partial charge in [0.1, 0.15) is 4.88 Å². The van der Waals surface area contributed by atoms with Gasteiger partial charge in [0.15, 0.2) is 0 Å². The van der Waals surface area contributed by atoms with Crippen LogP contribution in [0.1, 0.15) is 56.1 Å². The normalized spacial score (nSPS) is 14.9. The lowest BCUT2D eigenvalue weighted by Gasteiger charge is -2.31. The molecule has 0 aliphatic carbocycles. The first-order valence-electron chi connectivity index (χ1n) is 10.6. The van der Waals surface area contributed by atoms with Crippen LogP contribution in [0, 0.1) is 6.92 Å². The molecule has 162 valence electrons. The van der Waals surface area contributed by atoms with Gasteiger partial charge in [0.25, 0.3) is 0 Å². The zero-order valence-corrected chi connectivity index (χ0v) is 19.7. The number of hydrogen-bond donors (Lipinski definition) is 1. The van der Waals surface area contributed by atoms with Crippen molar-refractivity contribution in [1.82, 2.24) is 10.1 Å². The van der Waals surface area contributed by atoms with E-state index in [1.165, 1.54) is 19.3 Å². The Labute approximate surface area is 190 Å². The Balaban J connectivity index is 1.84. The van der Waals surface area contributed by atoms with Gasteiger partial charge in [0.2, 0.25) is 11.1 Å². The van der Waals surface area contributed by atoms with Crippen LogP contribution in [-0.2, 0) is 4.79 Å². The van der Waals surface area contributed by atoms with Crippen molar-refractivity contribution in [1.29, 1.82) is 0 Å². The van der Waals surface area contributed by atoms with E-state index in [0.29, 0.717) is 10.9 Å². The molecule has 4 rings (SSSR count). The third-order valence-electron chi connectivity index (χ3n) is 5.47. The number of thiophene rings is 1. The topological polar surface area (TPSA) is 69.9 Å². The van der Waals surface area contributed by atoms with Gasteiger partial charge in [-0.05, 0) is 47.2 Å². The Bertz CT molecular complexity index is 1150. The van der Waals surface area contributed by atoms with Crippen LogP contribution in [-0.4, -0.2) is 21.7 Å². The summed E-state index contributed by atoms with van der Waals surface area (Å²) in [5.74, 6) is 0.817. The number of aromatic amines is 1. The van der Waals surface area contributed by atoms with Gasteiger partial charge < -0.3 is 0 Å². The molecule has 1 atom stereocenters. The Morgan fingerprint density at radius 2 is 2.06 bits per heavy atom. The number of nitrogens with zero attached hydrogens (tertiary/aromatic N) is 3. The number of rotatable bonds is 7. The monoisotopic (exact) mass is 455 g/mol. The van der Waals surface area contributed by atoms with E-state index in [1.807, 2.05) is 42.6 Å². The van der Waals surface area contributed by atoms with Crippen LogP contribution in [0.15, 0.2) is 45.7 Å². The molecule has 2 aromatic heterocycles. The number of amides is 1. The molecule has 1 aromatic carbocycles. The quantitative estimate of drug-likeness (QED) is 0.319. The van der Waals surface area contributed by atoms with E-state index in [0.717, 1.165) is 33.9 Å². The van der Waals surface area contributed by atoms with Crippen molar-refractivity contribution in [3.8, 4) is 11.3 Å². The van der Waals surface area contributed by atoms with Crippen LogP contribution in [0.5, 0.6) is 0 Å². The molecular formula is C23H27N4O2S2+. The van der Waals surface area contributed by atoms with Gasteiger partial charge in [-0.15, -0.1) is 11.3 Å². The second-order valence-corrected chi connectivity index (χ2v) is 9.74. The van der Waals surface area contributed by atoms with Gasteiger partial charge in [-0.1, -0.05) is 50.1 Å². The molecule has 0 spiro atoms. The molecule has 0 unspecified atom stereocenters. The zero-order chi connectivity index (χ0) is 22.0. The van der Waals surface area contributed by atoms with Crippen molar-refractivity contribution in [3.63, 3.8) is 0 Å². The number of H-pyrrole nitrogens is 1. The van der Waals surface area contributed by atoms with Crippen LogP contribution in [0.3, 0.4) is 0 Å². The number of fused-ring (bicyclic) bond motifs is 3. The highest BCUT2D eigenvalue weighted by Crippen LogP contribution is 2.39. The van der Waals surface area contributed by atoms with Crippen LogP contribution in [0.25, 0.3) is 11.3 Å². The summed E-state index contributed by atoms with van der Waals surface area (Å²) in [4.78, 5) is 31.8. The minimum absolute atomic E-state index is 0.0840. The number of thioether (sulfide) groups is 1. The van der Waals surface area contributed by atoms with Gasteiger partial charge in [-0.25, -0.2) is 4.90 Å². The summed E-state index contributed by atoms with van der Waals surface area (Å²) in [6.07, 6.45) is 4.18. The molecule has 0 bridgehead atoms. The average molecular weight is 456 g/mol. The third-order valence-corrected chi connectivity index (χ3v) is 7.48. The number of benzene rings is 1. The Kier molecular flexibility index (Phi) is 6.57. The molecule has 0 saturated carbocycles. The average Bonchev–Trinajstić information content (AvgIpc) is 3.17. The number of carbonyl (C=O) groups excluding carboxylic acids is 1. The summed E-state index contributed by atoms with van der Waals surface area (Å²) in [6, 6.07) is 9.59. The molecule has 31 heavy (non-hydrogen) atoms. The fraction of sp³-hybridized carbons (Fsp3) is 0.391. The second kappa shape index (κ2) is 9.36. The van der Waals surface area contributed by atoms with Crippen LogP contribution >= 0.6 is 23.1 Å². The largest absolute Gasteiger partial charge is 0.325 e. The number of aromatic nitrogens is 3. The smallest absolute Gasteiger partial charge is 0.291 e. The zero-order valence-electron chi connectivity index (χ0n) is 18.1. The molecular weight excluding hydrogens is 428 g/mol. The SMILES string of the molecule is CCCCCCSc1n[n+]2c(c(=O)[nH]1)-c1ccccc1N(C(C)=O)[C@@H]2c1sccc1C. The van der Waals surface area contributed by atoms with Gasteiger partial charge in [0.05, 0.1) is 11.3 Å². The maximum absolute atomic E-state index is 13.2. The van der Waals surface area contributed by atoms with Crippen molar-refractivity contribution in [2.45, 2.75) is 57.8 Å². The minimum atomic E-state index is -0.482. The Morgan fingerprint density at radius 3 is 2.77 bits per heavy atom. The molecule has 8 heteroatoms. The summed E-state index contributed by atoms with van der Waals surface area (Å²) in [6.45, 7) is 5.79. The van der Waals surface area contributed by atoms with E-state index in [4.69, 9.17) is 5.10 Å². The summed E-state index contributed by atoms with van der Waals surface area (Å²) < 4.78 is 1.75. The van der Waals surface area contributed by atoms with Crippen molar-refractivity contribution in [2.75, 3.05) is 10.7 Å². The lowest BCUT2D eigenvalue weighted by atomic mass is 10.0. The molecule has 1 aliphatic rings. The maximum atomic E-state index is 13.2. The second-order valence-electron chi connectivity index (χ2n) is 7.71. The van der Waals surface area contributed by atoms with E-state index in [9.17, 15) is 9.59 Å². The molecule has 0 radical (unpaired) electrons. The highest BCUT2D eigenvalue weighted by molar-refractivity contribution is 7.99. The fourth-order valence-electron chi connectivity index (χ4n) is 3.96. The third kappa shape index (κ3) is 4.19. The molecule has 3 heterocycles. The number of anilines is 1. The van der Waals surface area contributed by atoms with Crippen molar-refractivity contribution in [3.05, 3.63) is 56.5 Å². The molecule has 0 fully saturated rings. The lowest BCUT2D eigenvalue weighted by Crippen LogP contribution is -2.60. The minimum Gasteiger partial charge on any atom is -0.291 e. The first-order chi connectivity index (χ1) is 15.0. The van der Waals surface area contributed by atoms with E-state index in [1.54, 1.807) is 39.6 Å². The maximum Gasteiger partial charge on any atom is 0.325 e. The van der Waals surface area contributed by atoms with E-state index < -0.39 is 6.17 Å². The van der Waals surface area contributed by atoms with E-state index >= 15 is 0 Å². The van der Waals surface area contributed by atoms with Gasteiger partial charge in [0, 0.05) is 17.8 Å². The van der Waals surface area contributed by atoms with Crippen molar-refractivity contribution in [2.24, 2.45) is 0 Å². The predicted octanol–water partition coefficient (Wildman–Crippen LogP) is 4.68. The first kappa shape index (κ1) is 21.8. The number of hydrogen-bond acceptors (Lipinski definition) is 5. The van der Waals surface area contributed by atoms with Crippen molar-refractivity contribution < 1.29 is 9.48 Å². The molecule has 1 N–H and O–H groups in total. The summed E-state index contributed by atoms with van der Waals surface area (Å²) in [5, 5.41) is 7.44. The summed E-state index contributed by atoms with van der Waals surface area (Å²) >= 11 is 3.15. The van der Waals surface area contributed by atoms with Gasteiger partial charge in [-0.2, -0.15) is 0 Å². The Hall–Kier alpha value is -2.45. The molecule has 1 amide bonds. The number of nitrogens with one attached hydrogen (secondary N) is 1. The van der Waals surface area contributed by atoms with Crippen LogP contribution in [0.2, 0.25) is 0 Å². The standard InChI is InChI=1S/C23H26N4O2S2/c1-4-5-6-9-13-31-23-24-21(29)19-17-10-7-8-11-18(17)26(16(3)28)22(27(19)25-23)20-15(2)12-14-30-20/h7-8,10-12,14,22H,4-6,9,13H2,1-3H3/p+1/t22-/m0/s1. The van der Waals surface area contributed by atoms with Gasteiger partial charge in [-0.3, -0.25) is 14.6 Å². The number of aryl methyl sites for hydroxylation is 1. The fourth-order valence-corrected chi connectivity index (χ4v) is 5.81. The van der Waals surface area contributed by atoms with E-state index in [-0.39, 0.29) is 11.5 Å². The van der Waals surface area contributed by atoms with Crippen LogP contribution < -0.4 is 15.1 Å². The highest BCUT2D eigenvalue weighted by Gasteiger charge is 2.45. The highest BCUT2D eigenvalue weighted by atomic mass is 32.2. The number of unbranched alkanes of at least 4 members (excludes halogenated alkanes) is 3. The van der Waals surface area contributed by atoms with E-state index in [2.05, 4.69) is 11.9 Å². The van der Waals surface area contributed by atoms with Crippen LogP contribution in [0.4, 0.5) is 5.69 Å². The van der Waals surface area contributed by atoms with Crippen molar-refractivity contribution >= 4 is 34.7 Å². The lowest BCUT2D eigenvalue weighted by molar-refractivity contribution is -0.762. The number of carbonyl (C=O) groups is 1. The Morgan fingerprint density at radius 1 is 1.26 bits per heavy atom. The molecule has 6 nitrogen and oxygen atoms in total. The molecule has 1 aliphatic heterocycles. The first-order valence-corrected chi connectivity index (χ1v) is 12.5.